The summed E-state index contributed by atoms with van der Waals surface area (Å²) in [5, 5.41) is 21.6. The normalized spacial score (nSPS) is 15.8. The molecule has 0 radical (unpaired) electrons. The number of aliphatic carboxylic acids is 1. The third-order valence-electron chi connectivity index (χ3n) is 7.70. The fourth-order valence-electron chi connectivity index (χ4n) is 5.76. The number of nitro benzene ring substituents is 1. The number of rotatable bonds is 11. The van der Waals surface area contributed by atoms with E-state index < -0.39 is 38.8 Å². The standard InChI is InChI=1S/C30H30FN3O7S/c1-2-27(30(35)36)33-28-14-8-20(31)18-25(28)26-19-22(11-15-29(26)33)32(16-17-41-23-6-4-3-5-7-23)42(39,40)24-12-9-21(10-13-24)34(37)38/h3-10,12-14,18,22,27H,2,11,15-17,19H2,1H3,(H,35,36)/t22-,27?/m0/s1. The highest BCUT2D eigenvalue weighted by molar-refractivity contribution is 7.89. The van der Waals surface area contributed by atoms with Crippen molar-refractivity contribution in [3.63, 3.8) is 0 Å². The van der Waals surface area contributed by atoms with Crippen LogP contribution in [0.15, 0.2) is 77.7 Å². The first-order valence-electron chi connectivity index (χ1n) is 13.6. The number of nitrogens with zero attached hydrogens (tertiary/aromatic N) is 3. The predicted molar refractivity (Wildman–Crippen MR) is 154 cm³/mol. The van der Waals surface area contributed by atoms with Crippen molar-refractivity contribution in [1.29, 1.82) is 0 Å². The maximum Gasteiger partial charge on any atom is 0.326 e. The van der Waals surface area contributed by atoms with Crippen LogP contribution in [0.5, 0.6) is 5.75 Å². The number of hydrogen-bond acceptors (Lipinski definition) is 6. The molecule has 0 saturated carbocycles. The zero-order valence-corrected chi connectivity index (χ0v) is 23.7. The lowest BCUT2D eigenvalue weighted by atomic mass is 9.91. The lowest BCUT2D eigenvalue weighted by molar-refractivity contribution is -0.384. The Morgan fingerprint density at radius 2 is 1.88 bits per heavy atom. The van der Waals surface area contributed by atoms with Crippen LogP contribution < -0.4 is 4.74 Å². The summed E-state index contributed by atoms with van der Waals surface area (Å²) in [5.74, 6) is -0.891. The van der Waals surface area contributed by atoms with Gasteiger partial charge in [-0.1, -0.05) is 25.1 Å². The van der Waals surface area contributed by atoms with E-state index in [-0.39, 0.29) is 30.2 Å². The van der Waals surface area contributed by atoms with E-state index in [0.717, 1.165) is 17.8 Å². The van der Waals surface area contributed by atoms with Crippen LogP contribution in [0.4, 0.5) is 10.1 Å². The molecule has 42 heavy (non-hydrogen) atoms. The molecule has 0 fully saturated rings. The maximum atomic E-state index is 14.4. The molecule has 0 saturated heterocycles. The minimum atomic E-state index is -4.13. The summed E-state index contributed by atoms with van der Waals surface area (Å²) in [7, 11) is -4.13. The van der Waals surface area contributed by atoms with Crippen molar-refractivity contribution in [2.75, 3.05) is 13.2 Å². The zero-order valence-electron chi connectivity index (χ0n) is 22.9. The molecule has 2 atom stereocenters. The molecular weight excluding hydrogens is 565 g/mol. The minimum Gasteiger partial charge on any atom is -0.492 e. The number of halogens is 1. The third kappa shape index (κ3) is 5.59. The Bertz CT molecular complexity index is 1720. The van der Waals surface area contributed by atoms with Crippen LogP contribution in [-0.4, -0.2) is 52.5 Å². The van der Waals surface area contributed by atoms with E-state index in [1.54, 1.807) is 41.8 Å². The third-order valence-corrected chi connectivity index (χ3v) is 9.67. The Hall–Kier alpha value is -4.29. The SMILES string of the molecule is CCC(C(=O)O)n1c2c(c3cc(F)ccc31)C[C@@H](N(CCOc1ccccc1)S(=O)(=O)c1ccc([N+](=O)[O-])cc1)CC2. The summed E-state index contributed by atoms with van der Waals surface area (Å²) >= 11 is 0. The fraction of sp³-hybridized carbons (Fsp3) is 0.300. The lowest BCUT2D eigenvalue weighted by Gasteiger charge is -2.34. The van der Waals surface area contributed by atoms with Crippen molar-refractivity contribution in [3.8, 4) is 5.75 Å². The van der Waals surface area contributed by atoms with Crippen LogP contribution in [0.25, 0.3) is 10.9 Å². The van der Waals surface area contributed by atoms with E-state index in [0.29, 0.717) is 41.5 Å². The molecular formula is C30H30FN3O7S. The predicted octanol–water partition coefficient (Wildman–Crippen LogP) is 5.35. The number of non-ortho nitro benzene ring substituents is 1. The van der Waals surface area contributed by atoms with Crippen LogP contribution in [0.1, 0.15) is 37.1 Å². The number of aromatic nitrogens is 1. The molecule has 4 aromatic rings. The second kappa shape index (κ2) is 11.9. The number of para-hydroxylation sites is 1. The molecule has 12 heteroatoms. The molecule has 1 heterocycles. The Balaban J connectivity index is 1.54. The first kappa shape index (κ1) is 29.2. The second-order valence-electron chi connectivity index (χ2n) is 10.1. The molecule has 1 aliphatic rings. The fourth-order valence-corrected chi connectivity index (χ4v) is 7.40. The molecule has 0 aliphatic heterocycles. The van der Waals surface area contributed by atoms with Gasteiger partial charge >= 0.3 is 5.97 Å². The average Bonchev–Trinajstić information content (AvgIpc) is 3.28. The van der Waals surface area contributed by atoms with E-state index in [1.807, 2.05) is 6.07 Å². The van der Waals surface area contributed by atoms with Crippen molar-refractivity contribution in [1.82, 2.24) is 8.87 Å². The van der Waals surface area contributed by atoms with Crippen molar-refractivity contribution in [3.05, 3.63) is 100.0 Å². The molecule has 220 valence electrons. The van der Waals surface area contributed by atoms with E-state index in [1.165, 1.54) is 28.6 Å². The average molecular weight is 596 g/mol. The molecule has 5 rings (SSSR count). The molecule has 1 aliphatic carbocycles. The highest BCUT2D eigenvalue weighted by Crippen LogP contribution is 2.38. The first-order chi connectivity index (χ1) is 20.1. The number of carboxylic acid groups (broad SMARTS) is 1. The number of hydrogen-bond donors (Lipinski definition) is 1. The summed E-state index contributed by atoms with van der Waals surface area (Å²) in [4.78, 5) is 22.6. The zero-order chi connectivity index (χ0) is 30.0. The van der Waals surface area contributed by atoms with E-state index in [4.69, 9.17) is 4.74 Å². The number of nitro groups is 1. The van der Waals surface area contributed by atoms with Gasteiger partial charge < -0.3 is 14.4 Å². The topological polar surface area (TPSA) is 132 Å². The van der Waals surface area contributed by atoms with Crippen LogP contribution in [0, 0.1) is 15.9 Å². The number of fused-ring (bicyclic) bond motifs is 3. The number of ether oxygens (including phenoxy) is 1. The van der Waals surface area contributed by atoms with Crippen molar-refractivity contribution < 1.29 is 32.4 Å². The van der Waals surface area contributed by atoms with E-state index in [2.05, 4.69) is 0 Å². The summed E-state index contributed by atoms with van der Waals surface area (Å²) in [5.41, 5.74) is 1.84. The smallest absolute Gasteiger partial charge is 0.326 e. The Morgan fingerprint density at radius 1 is 1.17 bits per heavy atom. The van der Waals surface area contributed by atoms with Gasteiger partial charge in [-0.15, -0.1) is 0 Å². The number of benzene rings is 3. The molecule has 1 unspecified atom stereocenters. The van der Waals surface area contributed by atoms with Crippen LogP contribution >= 0.6 is 0 Å². The Labute approximate surface area is 242 Å². The van der Waals surface area contributed by atoms with Crippen LogP contribution in [0.2, 0.25) is 0 Å². The monoisotopic (exact) mass is 595 g/mol. The van der Waals surface area contributed by atoms with E-state index >= 15 is 0 Å². The highest BCUT2D eigenvalue weighted by Gasteiger charge is 2.37. The second-order valence-corrected chi connectivity index (χ2v) is 12.0. The van der Waals surface area contributed by atoms with Gasteiger partial charge in [0.15, 0.2) is 0 Å². The molecule has 0 spiro atoms. The Kier molecular flexibility index (Phi) is 8.28. The van der Waals surface area contributed by atoms with Gasteiger partial charge in [0.1, 0.15) is 24.2 Å². The van der Waals surface area contributed by atoms with Crippen molar-refractivity contribution in [2.24, 2.45) is 0 Å². The summed E-state index contributed by atoms with van der Waals surface area (Å²) in [6.45, 7) is 1.82. The minimum absolute atomic E-state index is 0.00602. The molecule has 1 N–H and O–H groups in total. The van der Waals surface area contributed by atoms with Gasteiger partial charge in [-0.25, -0.2) is 17.6 Å². The molecule has 1 aromatic heterocycles. The summed E-state index contributed by atoms with van der Waals surface area (Å²) < 4.78 is 51.3. The van der Waals surface area contributed by atoms with E-state index in [9.17, 15) is 32.8 Å². The van der Waals surface area contributed by atoms with Gasteiger partial charge in [0.05, 0.1) is 9.82 Å². The van der Waals surface area contributed by atoms with Gasteiger partial charge in [-0.2, -0.15) is 4.31 Å². The number of carboxylic acids is 1. The number of carbonyl (C=O) groups is 1. The first-order valence-corrected chi connectivity index (χ1v) is 15.0. The van der Waals surface area contributed by atoms with Gasteiger partial charge in [0, 0.05) is 41.3 Å². The quantitative estimate of drug-likeness (QED) is 0.183. The van der Waals surface area contributed by atoms with Gasteiger partial charge in [0.25, 0.3) is 5.69 Å². The van der Waals surface area contributed by atoms with Crippen LogP contribution in [0.3, 0.4) is 0 Å². The summed E-state index contributed by atoms with van der Waals surface area (Å²) in [6, 6.07) is 16.5. The van der Waals surface area contributed by atoms with Gasteiger partial charge in [-0.05, 0) is 73.7 Å². The van der Waals surface area contributed by atoms with Crippen molar-refractivity contribution >= 4 is 32.6 Å². The summed E-state index contributed by atoms with van der Waals surface area (Å²) in [6.07, 6.45) is 1.32. The number of sulfonamides is 1. The molecule has 0 bridgehead atoms. The molecule has 3 aromatic carbocycles. The van der Waals surface area contributed by atoms with Gasteiger partial charge in [0.2, 0.25) is 10.0 Å². The maximum absolute atomic E-state index is 14.4. The van der Waals surface area contributed by atoms with Crippen molar-refractivity contribution in [2.45, 2.75) is 49.6 Å². The highest BCUT2D eigenvalue weighted by atomic mass is 32.2. The van der Waals surface area contributed by atoms with Gasteiger partial charge in [-0.3, -0.25) is 10.1 Å². The van der Waals surface area contributed by atoms with Crippen LogP contribution in [-0.2, 0) is 27.7 Å². The lowest BCUT2D eigenvalue weighted by Crippen LogP contribution is -2.45. The largest absolute Gasteiger partial charge is 0.492 e. The molecule has 0 amide bonds. The Morgan fingerprint density at radius 3 is 2.52 bits per heavy atom. The molecule has 10 nitrogen and oxygen atoms in total.